The lowest BCUT2D eigenvalue weighted by Crippen LogP contribution is -2.34. The van der Waals surface area contributed by atoms with E-state index in [9.17, 15) is 13.2 Å². The summed E-state index contributed by atoms with van der Waals surface area (Å²) in [5.41, 5.74) is 2.27. The number of amides is 1. The number of ether oxygens (including phenoxy) is 1. The highest BCUT2D eigenvalue weighted by Gasteiger charge is 2.35. The van der Waals surface area contributed by atoms with E-state index in [1.807, 2.05) is 12.1 Å². The van der Waals surface area contributed by atoms with Crippen molar-refractivity contribution >= 4 is 32.5 Å². The predicted octanol–water partition coefficient (Wildman–Crippen LogP) is 3.84. The Bertz CT molecular complexity index is 1330. The van der Waals surface area contributed by atoms with Crippen LogP contribution >= 0.6 is 0 Å². The molecule has 4 rings (SSSR count). The zero-order chi connectivity index (χ0) is 22.0. The SMILES string of the molecule is COc1ccc(-n2c(S(=O)(=O)C(C)C(=O)Nc3ccccc3)nc3ccccc32)cc1. The van der Waals surface area contributed by atoms with Crippen molar-refractivity contribution in [2.24, 2.45) is 0 Å². The summed E-state index contributed by atoms with van der Waals surface area (Å²) in [6.45, 7) is 1.37. The number of carbonyl (C=O) groups is 1. The summed E-state index contributed by atoms with van der Waals surface area (Å²) in [4.78, 5) is 17.1. The lowest BCUT2D eigenvalue weighted by atomic mass is 10.2. The van der Waals surface area contributed by atoms with Crippen molar-refractivity contribution < 1.29 is 17.9 Å². The highest BCUT2D eigenvalue weighted by molar-refractivity contribution is 7.92. The number of carbonyl (C=O) groups excluding carboxylic acids is 1. The average Bonchev–Trinajstić information content (AvgIpc) is 3.20. The summed E-state index contributed by atoms with van der Waals surface area (Å²) in [7, 11) is -2.55. The van der Waals surface area contributed by atoms with Crippen molar-refractivity contribution in [2.45, 2.75) is 17.3 Å². The van der Waals surface area contributed by atoms with Gasteiger partial charge in [0.1, 0.15) is 11.0 Å². The molecule has 8 heteroatoms. The van der Waals surface area contributed by atoms with Gasteiger partial charge in [0, 0.05) is 11.4 Å². The number of para-hydroxylation sites is 3. The van der Waals surface area contributed by atoms with Gasteiger partial charge in [-0.25, -0.2) is 13.4 Å². The topological polar surface area (TPSA) is 90.3 Å². The quantitative estimate of drug-likeness (QED) is 0.497. The molecule has 158 valence electrons. The van der Waals surface area contributed by atoms with Gasteiger partial charge in [-0.1, -0.05) is 30.3 Å². The van der Waals surface area contributed by atoms with E-state index in [4.69, 9.17) is 4.74 Å². The molecule has 1 amide bonds. The second-order valence-corrected chi connectivity index (χ2v) is 9.12. The molecule has 0 aliphatic rings. The molecule has 0 spiro atoms. The van der Waals surface area contributed by atoms with Crippen LogP contribution in [0.5, 0.6) is 5.75 Å². The van der Waals surface area contributed by atoms with E-state index in [0.717, 1.165) is 0 Å². The number of hydrogen-bond donors (Lipinski definition) is 1. The van der Waals surface area contributed by atoms with Gasteiger partial charge in [0.25, 0.3) is 0 Å². The zero-order valence-corrected chi connectivity index (χ0v) is 17.8. The molecule has 1 aromatic heterocycles. The minimum atomic E-state index is -4.11. The first-order valence-electron chi connectivity index (χ1n) is 9.63. The molecule has 1 unspecified atom stereocenters. The molecule has 4 aromatic rings. The molecule has 0 bridgehead atoms. The number of imidazole rings is 1. The van der Waals surface area contributed by atoms with Gasteiger partial charge in [-0.3, -0.25) is 9.36 Å². The van der Waals surface area contributed by atoms with E-state index in [-0.39, 0.29) is 5.16 Å². The second-order valence-electron chi connectivity index (χ2n) is 6.96. The number of anilines is 1. The minimum Gasteiger partial charge on any atom is -0.497 e. The Morgan fingerprint density at radius 2 is 1.61 bits per heavy atom. The number of rotatable bonds is 6. The number of methoxy groups -OCH3 is 1. The Kier molecular flexibility index (Phi) is 5.48. The number of nitrogens with zero attached hydrogens (tertiary/aromatic N) is 2. The number of nitrogens with one attached hydrogen (secondary N) is 1. The molecule has 1 heterocycles. The van der Waals surface area contributed by atoms with Gasteiger partial charge in [0.2, 0.25) is 20.9 Å². The predicted molar refractivity (Wildman–Crippen MR) is 119 cm³/mol. The molecule has 0 aliphatic carbocycles. The highest BCUT2D eigenvalue weighted by Crippen LogP contribution is 2.28. The van der Waals surface area contributed by atoms with Crippen molar-refractivity contribution in [2.75, 3.05) is 12.4 Å². The van der Waals surface area contributed by atoms with E-state index < -0.39 is 21.0 Å². The van der Waals surface area contributed by atoms with Crippen LogP contribution in [-0.4, -0.2) is 36.2 Å². The van der Waals surface area contributed by atoms with Gasteiger partial charge < -0.3 is 10.1 Å². The molecule has 7 nitrogen and oxygen atoms in total. The molecule has 3 aromatic carbocycles. The first-order valence-corrected chi connectivity index (χ1v) is 11.2. The molecule has 0 saturated heterocycles. The number of aromatic nitrogens is 2. The maximum atomic E-state index is 13.5. The molecule has 31 heavy (non-hydrogen) atoms. The Hall–Kier alpha value is -3.65. The van der Waals surface area contributed by atoms with E-state index in [0.29, 0.717) is 28.2 Å². The number of benzene rings is 3. The second kappa shape index (κ2) is 8.23. The summed E-state index contributed by atoms with van der Waals surface area (Å²) in [6.07, 6.45) is 0. The van der Waals surface area contributed by atoms with Gasteiger partial charge in [0.15, 0.2) is 0 Å². The number of hydrogen-bond acceptors (Lipinski definition) is 5. The molecule has 0 fully saturated rings. The Morgan fingerprint density at radius 1 is 0.968 bits per heavy atom. The normalized spacial score (nSPS) is 12.5. The smallest absolute Gasteiger partial charge is 0.242 e. The van der Waals surface area contributed by atoms with Crippen molar-refractivity contribution in [3.8, 4) is 11.4 Å². The van der Waals surface area contributed by atoms with Crippen LogP contribution in [0.15, 0.2) is 84.0 Å². The summed E-state index contributed by atoms with van der Waals surface area (Å²) in [6, 6.07) is 22.8. The van der Waals surface area contributed by atoms with E-state index in [2.05, 4.69) is 10.3 Å². The third-order valence-electron chi connectivity index (χ3n) is 4.99. The lowest BCUT2D eigenvalue weighted by Gasteiger charge is -2.15. The van der Waals surface area contributed by atoms with Crippen LogP contribution in [0.1, 0.15) is 6.92 Å². The molecule has 1 atom stereocenters. The van der Waals surface area contributed by atoms with Crippen LogP contribution in [0.3, 0.4) is 0 Å². The van der Waals surface area contributed by atoms with Crippen molar-refractivity contribution in [1.82, 2.24) is 9.55 Å². The van der Waals surface area contributed by atoms with Gasteiger partial charge in [-0.15, -0.1) is 0 Å². The Balaban J connectivity index is 1.79. The van der Waals surface area contributed by atoms with Gasteiger partial charge in [-0.2, -0.15) is 0 Å². The molecule has 0 saturated carbocycles. The first kappa shape index (κ1) is 20.6. The molecular formula is C23H21N3O4S. The van der Waals surface area contributed by atoms with Crippen molar-refractivity contribution in [3.63, 3.8) is 0 Å². The lowest BCUT2D eigenvalue weighted by molar-refractivity contribution is -0.115. The summed E-state index contributed by atoms with van der Waals surface area (Å²) in [5.74, 6) is 0.0210. The minimum absolute atomic E-state index is 0.186. The number of fused-ring (bicyclic) bond motifs is 1. The fraction of sp³-hybridized carbons (Fsp3) is 0.130. The van der Waals surface area contributed by atoms with Crippen molar-refractivity contribution in [1.29, 1.82) is 0 Å². The van der Waals surface area contributed by atoms with Gasteiger partial charge >= 0.3 is 0 Å². The fourth-order valence-corrected chi connectivity index (χ4v) is 4.58. The van der Waals surface area contributed by atoms with Crippen LogP contribution in [0.4, 0.5) is 5.69 Å². The standard InChI is InChI=1S/C23H21N3O4S/c1-16(22(27)24-17-8-4-3-5-9-17)31(28,29)23-25-20-10-6-7-11-21(20)26(23)18-12-14-19(30-2)15-13-18/h3-16H,1-2H3,(H,24,27). The zero-order valence-electron chi connectivity index (χ0n) is 17.0. The van der Waals surface area contributed by atoms with Crippen LogP contribution in [0.25, 0.3) is 16.7 Å². The summed E-state index contributed by atoms with van der Waals surface area (Å²) in [5, 5.41) is 1.12. The van der Waals surface area contributed by atoms with E-state index in [1.165, 1.54) is 6.92 Å². The van der Waals surface area contributed by atoms with Gasteiger partial charge in [0.05, 0.1) is 18.1 Å². The monoisotopic (exact) mass is 435 g/mol. The summed E-state index contributed by atoms with van der Waals surface area (Å²) >= 11 is 0. The number of sulfone groups is 1. The van der Waals surface area contributed by atoms with Crippen LogP contribution in [0.2, 0.25) is 0 Å². The maximum Gasteiger partial charge on any atom is 0.242 e. The van der Waals surface area contributed by atoms with E-state index >= 15 is 0 Å². The van der Waals surface area contributed by atoms with Crippen LogP contribution in [0, 0.1) is 0 Å². The van der Waals surface area contributed by atoms with Crippen LogP contribution < -0.4 is 10.1 Å². The fourth-order valence-electron chi connectivity index (χ4n) is 3.24. The molecular weight excluding hydrogens is 414 g/mol. The van der Waals surface area contributed by atoms with Crippen LogP contribution in [-0.2, 0) is 14.6 Å². The van der Waals surface area contributed by atoms with E-state index in [1.54, 1.807) is 78.4 Å². The summed E-state index contributed by atoms with van der Waals surface area (Å²) < 4.78 is 33.7. The first-order chi connectivity index (χ1) is 14.9. The molecule has 1 N–H and O–H groups in total. The third kappa shape index (κ3) is 3.89. The maximum absolute atomic E-state index is 13.5. The average molecular weight is 436 g/mol. The van der Waals surface area contributed by atoms with Gasteiger partial charge in [-0.05, 0) is 55.5 Å². The van der Waals surface area contributed by atoms with Crippen molar-refractivity contribution in [3.05, 3.63) is 78.9 Å². The third-order valence-corrected chi connectivity index (χ3v) is 6.92. The highest BCUT2D eigenvalue weighted by atomic mass is 32.2. The Morgan fingerprint density at radius 3 is 2.29 bits per heavy atom. The molecule has 0 radical (unpaired) electrons. The Labute approximate surface area is 180 Å². The largest absolute Gasteiger partial charge is 0.497 e. The molecule has 0 aliphatic heterocycles.